The Balaban J connectivity index is 0.00000196. The first-order chi connectivity index (χ1) is 18.3. The normalized spacial score (nSPS) is 17.0. The number of carbonyl (C=O) groups is 2. The summed E-state index contributed by atoms with van der Waals surface area (Å²) < 4.78 is 46.0. The van der Waals surface area contributed by atoms with Crippen LogP contribution in [0.3, 0.4) is 0 Å². The second kappa shape index (κ2) is 16.0. The average molecular weight is 612 g/mol. The van der Waals surface area contributed by atoms with Crippen molar-refractivity contribution in [2.75, 3.05) is 42.9 Å². The zero-order valence-corrected chi connectivity index (χ0v) is 30.2. The Labute approximate surface area is 305 Å². The molecule has 0 saturated carbocycles. The molecule has 0 atom stereocenters. The van der Waals surface area contributed by atoms with E-state index in [1.807, 2.05) is 0 Å². The molecule has 0 unspecified atom stereocenters. The molecule has 0 aliphatic carbocycles. The van der Waals surface area contributed by atoms with E-state index in [1.165, 1.54) is 18.3 Å². The number of rotatable bonds is 5. The van der Waals surface area contributed by atoms with Gasteiger partial charge in [0, 0.05) is 43.3 Å². The molecule has 5 rings (SSSR count). The van der Waals surface area contributed by atoms with Gasteiger partial charge in [0.25, 0.3) is 11.8 Å². The van der Waals surface area contributed by atoms with Crippen LogP contribution in [0.5, 0.6) is 5.75 Å². The van der Waals surface area contributed by atoms with Crippen LogP contribution in [-0.4, -0.2) is 74.4 Å². The molecule has 2 aromatic heterocycles. The number of morpholine rings is 1. The predicted molar refractivity (Wildman–Crippen MR) is 134 cm³/mol. The zero-order valence-electron chi connectivity index (χ0n) is 23.4. The molecule has 2 saturated heterocycles. The summed E-state index contributed by atoms with van der Waals surface area (Å²) >= 11 is 0. The Kier molecular flexibility index (Phi) is 14.3. The van der Waals surface area contributed by atoms with Crippen LogP contribution in [0.15, 0.2) is 36.5 Å². The van der Waals surface area contributed by atoms with Gasteiger partial charge in [0.05, 0.1) is 18.7 Å². The van der Waals surface area contributed by atoms with Crippen LogP contribution >= 0.6 is 10.8 Å². The Morgan fingerprint density at radius 1 is 1.07 bits per heavy atom. The first-order valence-corrected chi connectivity index (χ1v) is 13.8. The first-order valence-electron chi connectivity index (χ1n) is 12.2. The molecule has 0 spiro atoms. The summed E-state index contributed by atoms with van der Waals surface area (Å²) in [5, 5.41) is 15.9. The van der Waals surface area contributed by atoms with Gasteiger partial charge in [-0.25, -0.2) is 9.37 Å². The molecule has 16 heteroatoms. The standard InChI is InChI=1S/C25H28FN5O6S.3Na/c26-17-6-5-16(19(14-17)25(34)30-9-11-37-12-10-30)15-28-24(33)21-22(32)20-18(4-3-7-27-20)23(29-21)31-8-1-2-13-38(31,35)36;;;/h3-7,14,32,35-36H,1-2,8-13,15H2,(H,28,33);;;/q;3*+1/p-3. The third-order valence-electron chi connectivity index (χ3n) is 6.54. The van der Waals surface area contributed by atoms with Crippen LogP contribution in [0, 0.1) is 5.82 Å². The summed E-state index contributed by atoms with van der Waals surface area (Å²) in [6.07, 6.45) is 2.49. The fourth-order valence-corrected chi connectivity index (χ4v) is 6.16. The Bertz CT molecular complexity index is 1400. The number of hydrogen-bond donors (Lipinski definition) is 1. The average Bonchev–Trinajstić information content (AvgIpc) is 2.93. The van der Waals surface area contributed by atoms with Crippen LogP contribution in [0.25, 0.3) is 10.9 Å². The monoisotopic (exact) mass is 611 g/mol. The van der Waals surface area contributed by atoms with E-state index in [0.29, 0.717) is 44.7 Å². The third-order valence-corrected chi connectivity index (χ3v) is 8.37. The number of pyridine rings is 2. The van der Waals surface area contributed by atoms with Crippen molar-refractivity contribution in [3.05, 3.63) is 59.2 Å². The second-order valence-electron chi connectivity index (χ2n) is 9.00. The topological polar surface area (TPSA) is 157 Å². The van der Waals surface area contributed by atoms with Gasteiger partial charge in [-0.1, -0.05) is 6.07 Å². The third kappa shape index (κ3) is 8.15. The molecule has 4 heterocycles. The van der Waals surface area contributed by atoms with Gasteiger partial charge in [-0.2, -0.15) is 0 Å². The number of amides is 2. The zero-order chi connectivity index (χ0) is 26.9. The van der Waals surface area contributed by atoms with Crippen LogP contribution in [0.4, 0.5) is 10.2 Å². The molecule has 1 aromatic carbocycles. The molecular weight excluding hydrogens is 586 g/mol. The van der Waals surface area contributed by atoms with E-state index in [2.05, 4.69) is 15.3 Å². The number of aromatic nitrogens is 2. The van der Waals surface area contributed by atoms with Crippen LogP contribution < -0.4 is 103 Å². The van der Waals surface area contributed by atoms with E-state index < -0.39 is 39.9 Å². The number of sulfonamides is 1. The summed E-state index contributed by atoms with van der Waals surface area (Å²) in [5.74, 6) is -2.71. The van der Waals surface area contributed by atoms with Crippen LogP contribution in [-0.2, 0) is 11.3 Å². The molecule has 41 heavy (non-hydrogen) atoms. The number of anilines is 1. The fraction of sp³-hybridized carbons (Fsp3) is 0.360. The minimum Gasteiger partial charge on any atom is -0.869 e. The first kappa shape index (κ1) is 36.7. The molecule has 2 aliphatic heterocycles. The molecule has 1 N–H and O–H groups in total. The molecule has 2 amide bonds. The van der Waals surface area contributed by atoms with E-state index in [9.17, 15) is 28.2 Å². The van der Waals surface area contributed by atoms with Gasteiger partial charge in [-0.15, -0.1) is 0 Å². The minimum absolute atomic E-state index is 0. The number of carbonyl (C=O) groups excluding carboxylic acids is 2. The Morgan fingerprint density at radius 2 is 1.80 bits per heavy atom. The van der Waals surface area contributed by atoms with Gasteiger partial charge in [-0.05, 0) is 54.2 Å². The summed E-state index contributed by atoms with van der Waals surface area (Å²) in [6, 6.07) is 6.77. The van der Waals surface area contributed by atoms with Gasteiger partial charge in [-0.3, -0.25) is 14.6 Å². The van der Waals surface area contributed by atoms with E-state index in [-0.39, 0.29) is 130 Å². The minimum atomic E-state index is -3.69. The summed E-state index contributed by atoms with van der Waals surface area (Å²) in [7, 11) is -3.69. The number of ether oxygens (including phenoxy) is 1. The summed E-state index contributed by atoms with van der Waals surface area (Å²) in [4.78, 5) is 36.0. The Hall–Kier alpha value is -0.520. The molecule has 11 nitrogen and oxygen atoms in total. The maximum Gasteiger partial charge on any atom is 1.00 e. The number of nitrogens with one attached hydrogen (secondary N) is 1. The second-order valence-corrected chi connectivity index (χ2v) is 11.0. The Morgan fingerprint density at radius 3 is 2.51 bits per heavy atom. The van der Waals surface area contributed by atoms with Gasteiger partial charge < -0.3 is 44.2 Å². The van der Waals surface area contributed by atoms with Crippen molar-refractivity contribution in [2.45, 2.75) is 19.4 Å². The largest absolute Gasteiger partial charge is 1.00 e. The SMILES string of the molecule is O=C(NCc1ccc(F)cc1C(=O)N1CCOCC1)c1nc(N2CCCCS2([O-])[O-])c2cccnc2c1[O-].[Na+].[Na+].[Na+]. The number of fused-ring (bicyclic) bond motifs is 1. The number of hydrogen-bond acceptors (Lipinski definition) is 9. The molecule has 3 aromatic rings. The van der Waals surface area contributed by atoms with Crippen molar-refractivity contribution in [1.29, 1.82) is 0 Å². The predicted octanol–water partition coefficient (Wildman–Crippen LogP) is -7.16. The molecule has 2 aliphatic rings. The quantitative estimate of drug-likeness (QED) is 0.277. The van der Waals surface area contributed by atoms with Gasteiger partial charge in [0.2, 0.25) is 0 Å². The maximum atomic E-state index is 14.0. The fourth-order valence-electron chi connectivity index (χ4n) is 4.56. The van der Waals surface area contributed by atoms with Crippen molar-refractivity contribution in [1.82, 2.24) is 20.2 Å². The smallest absolute Gasteiger partial charge is 0.869 e. The number of halogens is 1. The van der Waals surface area contributed by atoms with Crippen molar-refractivity contribution in [3.8, 4) is 5.75 Å². The van der Waals surface area contributed by atoms with Gasteiger partial charge >= 0.3 is 88.7 Å². The molecule has 202 valence electrons. The maximum absolute atomic E-state index is 14.0. The summed E-state index contributed by atoms with van der Waals surface area (Å²) in [6.45, 7) is 1.43. The number of benzene rings is 1. The van der Waals surface area contributed by atoms with E-state index in [0.717, 1.165) is 10.4 Å². The van der Waals surface area contributed by atoms with Crippen molar-refractivity contribution < 1.29 is 122 Å². The summed E-state index contributed by atoms with van der Waals surface area (Å²) in [5.41, 5.74) is -0.159. The molecule has 2 fully saturated rings. The van der Waals surface area contributed by atoms with E-state index >= 15 is 0 Å². The molecule has 0 radical (unpaired) electrons. The van der Waals surface area contributed by atoms with Gasteiger partial charge in [0.1, 0.15) is 11.5 Å². The van der Waals surface area contributed by atoms with Crippen molar-refractivity contribution >= 4 is 39.3 Å². The number of nitrogens with zero attached hydrogens (tertiary/aromatic N) is 4. The van der Waals surface area contributed by atoms with Crippen LogP contribution in [0.1, 0.15) is 39.3 Å². The van der Waals surface area contributed by atoms with E-state index in [1.54, 1.807) is 17.0 Å². The molecular formula is C25H25FN5Na3O6S. The van der Waals surface area contributed by atoms with E-state index in [4.69, 9.17) is 4.74 Å². The van der Waals surface area contributed by atoms with Crippen molar-refractivity contribution in [3.63, 3.8) is 0 Å². The van der Waals surface area contributed by atoms with Crippen molar-refractivity contribution in [2.24, 2.45) is 0 Å². The molecule has 0 bridgehead atoms. The van der Waals surface area contributed by atoms with Crippen LogP contribution in [0.2, 0.25) is 0 Å². The van der Waals surface area contributed by atoms with Gasteiger partial charge in [0.15, 0.2) is 5.82 Å².